The smallest absolute Gasteiger partial charge is 0.260 e. The van der Waals surface area contributed by atoms with E-state index in [1.54, 1.807) is 12.0 Å². The van der Waals surface area contributed by atoms with Crippen LogP contribution >= 0.6 is 0 Å². The lowest BCUT2D eigenvalue weighted by molar-refractivity contribution is -0.142. The zero-order valence-electron chi connectivity index (χ0n) is 15.1. The Morgan fingerprint density at radius 3 is 2.63 bits per heavy atom. The molecule has 1 amide bonds. The molecule has 6 nitrogen and oxygen atoms in total. The van der Waals surface area contributed by atoms with Crippen LogP contribution in [0.4, 0.5) is 4.39 Å². The first-order valence-corrected chi connectivity index (χ1v) is 8.69. The summed E-state index contributed by atoms with van der Waals surface area (Å²) in [4.78, 5) is 14.1. The van der Waals surface area contributed by atoms with Crippen LogP contribution in [-0.4, -0.2) is 56.9 Å². The predicted octanol–water partition coefficient (Wildman–Crippen LogP) is 2.52. The fourth-order valence-corrected chi connectivity index (χ4v) is 2.73. The first kappa shape index (κ1) is 19.0. The maximum atomic E-state index is 12.9. The molecule has 1 aliphatic rings. The summed E-state index contributed by atoms with van der Waals surface area (Å²) in [6.45, 7) is 1.55. The number of benzene rings is 2. The lowest BCUT2D eigenvalue weighted by Gasteiger charge is -2.32. The van der Waals surface area contributed by atoms with Gasteiger partial charge in [0.1, 0.15) is 24.3 Å². The molecule has 0 aliphatic carbocycles. The molecule has 1 aliphatic heterocycles. The first-order chi connectivity index (χ1) is 13.2. The molecule has 1 heterocycles. The van der Waals surface area contributed by atoms with Crippen LogP contribution in [0.5, 0.6) is 17.2 Å². The third kappa shape index (κ3) is 5.34. The highest BCUT2D eigenvalue weighted by atomic mass is 19.1. The maximum Gasteiger partial charge on any atom is 0.260 e. The van der Waals surface area contributed by atoms with Crippen molar-refractivity contribution in [2.45, 2.75) is 6.10 Å². The van der Waals surface area contributed by atoms with Gasteiger partial charge >= 0.3 is 0 Å². The molecular weight excluding hydrogens is 353 g/mol. The normalized spacial score (nSPS) is 16.7. The van der Waals surface area contributed by atoms with Gasteiger partial charge in [-0.15, -0.1) is 0 Å². The van der Waals surface area contributed by atoms with Gasteiger partial charge in [-0.3, -0.25) is 4.79 Å². The molecule has 1 fully saturated rings. The van der Waals surface area contributed by atoms with E-state index in [0.717, 1.165) is 0 Å². The van der Waals surface area contributed by atoms with Crippen molar-refractivity contribution in [2.75, 3.05) is 40.0 Å². The Morgan fingerprint density at radius 1 is 1.15 bits per heavy atom. The minimum absolute atomic E-state index is 0.105. The van der Waals surface area contributed by atoms with Crippen LogP contribution in [0.3, 0.4) is 0 Å². The largest absolute Gasteiger partial charge is 0.493 e. The van der Waals surface area contributed by atoms with E-state index in [1.807, 2.05) is 24.3 Å². The Kier molecular flexibility index (Phi) is 6.49. The summed E-state index contributed by atoms with van der Waals surface area (Å²) in [5.41, 5.74) is 0. The van der Waals surface area contributed by atoms with Crippen molar-refractivity contribution in [3.05, 3.63) is 54.3 Å². The summed E-state index contributed by atoms with van der Waals surface area (Å²) < 4.78 is 35.0. The van der Waals surface area contributed by atoms with Gasteiger partial charge in [0, 0.05) is 6.54 Å². The number of carbonyl (C=O) groups excluding carboxylic acids is 1. The molecule has 0 radical (unpaired) electrons. The lowest BCUT2D eigenvalue weighted by Crippen LogP contribution is -2.49. The molecular formula is C20H22FNO5. The van der Waals surface area contributed by atoms with E-state index < -0.39 is 0 Å². The topological polar surface area (TPSA) is 57.2 Å². The Bertz CT molecular complexity index is 752. The van der Waals surface area contributed by atoms with Gasteiger partial charge in [0.05, 0.1) is 20.3 Å². The zero-order chi connectivity index (χ0) is 19.1. The SMILES string of the molecule is COc1ccccc1OCC1CN(C(=O)COc2ccc(F)cc2)CCO1. The Hall–Kier alpha value is -2.80. The summed E-state index contributed by atoms with van der Waals surface area (Å²) in [5.74, 6) is 1.24. The number of hydrogen-bond donors (Lipinski definition) is 0. The molecule has 3 rings (SSSR count). The number of rotatable bonds is 7. The van der Waals surface area contributed by atoms with E-state index in [0.29, 0.717) is 43.6 Å². The summed E-state index contributed by atoms with van der Waals surface area (Å²) in [6, 6.07) is 12.9. The van der Waals surface area contributed by atoms with Crippen molar-refractivity contribution in [1.29, 1.82) is 0 Å². The summed E-state index contributed by atoms with van der Waals surface area (Å²) in [7, 11) is 1.58. The van der Waals surface area contributed by atoms with E-state index in [-0.39, 0.29) is 24.4 Å². The minimum atomic E-state index is -0.347. The van der Waals surface area contributed by atoms with Gasteiger partial charge in [-0.1, -0.05) is 12.1 Å². The van der Waals surface area contributed by atoms with Gasteiger partial charge in [-0.2, -0.15) is 0 Å². The monoisotopic (exact) mass is 375 g/mol. The van der Waals surface area contributed by atoms with Crippen molar-refractivity contribution >= 4 is 5.91 Å². The number of para-hydroxylation sites is 2. The van der Waals surface area contributed by atoms with Crippen LogP contribution in [-0.2, 0) is 9.53 Å². The zero-order valence-corrected chi connectivity index (χ0v) is 15.1. The fraction of sp³-hybridized carbons (Fsp3) is 0.350. The van der Waals surface area contributed by atoms with Crippen molar-refractivity contribution in [2.24, 2.45) is 0 Å². The Balaban J connectivity index is 1.48. The molecule has 1 atom stereocenters. The lowest BCUT2D eigenvalue weighted by atomic mass is 10.2. The van der Waals surface area contributed by atoms with Gasteiger partial charge in [0.25, 0.3) is 5.91 Å². The van der Waals surface area contributed by atoms with Crippen LogP contribution in [0.2, 0.25) is 0 Å². The molecule has 27 heavy (non-hydrogen) atoms. The number of morpholine rings is 1. The number of carbonyl (C=O) groups is 1. The minimum Gasteiger partial charge on any atom is -0.493 e. The molecule has 0 spiro atoms. The van der Waals surface area contributed by atoms with Crippen molar-refractivity contribution < 1.29 is 28.1 Å². The van der Waals surface area contributed by atoms with E-state index in [4.69, 9.17) is 18.9 Å². The van der Waals surface area contributed by atoms with Crippen LogP contribution in [0, 0.1) is 5.82 Å². The predicted molar refractivity (Wildman–Crippen MR) is 96.7 cm³/mol. The highest BCUT2D eigenvalue weighted by Gasteiger charge is 2.25. The van der Waals surface area contributed by atoms with Gasteiger partial charge in [-0.25, -0.2) is 4.39 Å². The van der Waals surface area contributed by atoms with E-state index in [9.17, 15) is 9.18 Å². The van der Waals surface area contributed by atoms with Crippen LogP contribution in [0.1, 0.15) is 0 Å². The molecule has 144 valence electrons. The standard InChI is InChI=1S/C20H22FNO5/c1-24-18-4-2-3-5-19(18)27-13-17-12-22(10-11-25-17)20(23)14-26-16-8-6-15(21)7-9-16/h2-9,17H,10-14H2,1H3. The average molecular weight is 375 g/mol. The van der Waals surface area contributed by atoms with Crippen molar-refractivity contribution in [3.8, 4) is 17.2 Å². The van der Waals surface area contributed by atoms with Crippen molar-refractivity contribution in [1.82, 2.24) is 4.90 Å². The maximum absolute atomic E-state index is 12.9. The highest BCUT2D eigenvalue weighted by Crippen LogP contribution is 2.26. The highest BCUT2D eigenvalue weighted by molar-refractivity contribution is 5.77. The molecule has 7 heteroatoms. The van der Waals surface area contributed by atoms with Gasteiger partial charge in [0.15, 0.2) is 18.1 Å². The second kappa shape index (κ2) is 9.23. The number of ether oxygens (including phenoxy) is 4. The molecule has 0 saturated carbocycles. The van der Waals surface area contributed by atoms with Gasteiger partial charge in [0.2, 0.25) is 0 Å². The number of hydrogen-bond acceptors (Lipinski definition) is 5. The van der Waals surface area contributed by atoms with Crippen LogP contribution in [0.15, 0.2) is 48.5 Å². The average Bonchev–Trinajstić information content (AvgIpc) is 2.72. The third-order valence-electron chi connectivity index (χ3n) is 4.16. The van der Waals surface area contributed by atoms with Crippen LogP contribution in [0.25, 0.3) is 0 Å². The number of halogens is 1. The van der Waals surface area contributed by atoms with Gasteiger partial charge in [-0.05, 0) is 36.4 Å². The second-order valence-corrected chi connectivity index (χ2v) is 6.04. The first-order valence-electron chi connectivity index (χ1n) is 8.69. The quantitative estimate of drug-likeness (QED) is 0.744. The van der Waals surface area contributed by atoms with Crippen LogP contribution < -0.4 is 14.2 Å². The molecule has 2 aromatic carbocycles. The summed E-state index contributed by atoms with van der Waals surface area (Å²) in [6.07, 6.45) is -0.238. The Morgan fingerprint density at radius 2 is 1.89 bits per heavy atom. The molecule has 0 aromatic heterocycles. The number of amides is 1. The molecule has 2 aromatic rings. The van der Waals surface area contributed by atoms with E-state index in [2.05, 4.69) is 0 Å². The summed E-state index contributed by atoms with van der Waals surface area (Å²) in [5, 5.41) is 0. The van der Waals surface area contributed by atoms with E-state index >= 15 is 0 Å². The summed E-state index contributed by atoms with van der Waals surface area (Å²) >= 11 is 0. The van der Waals surface area contributed by atoms with Crippen molar-refractivity contribution in [3.63, 3.8) is 0 Å². The molecule has 1 unspecified atom stereocenters. The number of methoxy groups -OCH3 is 1. The third-order valence-corrected chi connectivity index (χ3v) is 4.16. The molecule has 0 bridgehead atoms. The fourth-order valence-electron chi connectivity index (χ4n) is 2.73. The molecule has 0 N–H and O–H groups in total. The molecule has 1 saturated heterocycles. The van der Waals surface area contributed by atoms with E-state index in [1.165, 1.54) is 24.3 Å². The number of nitrogens with zero attached hydrogens (tertiary/aromatic N) is 1. The second-order valence-electron chi connectivity index (χ2n) is 6.04. The Labute approximate surface area is 157 Å². The van der Waals surface area contributed by atoms with Gasteiger partial charge < -0.3 is 23.8 Å².